The lowest BCUT2D eigenvalue weighted by molar-refractivity contribution is 0.0461. The molecule has 0 radical (unpaired) electrons. The molecule has 0 aliphatic carbocycles. The van der Waals surface area contributed by atoms with Crippen LogP contribution in [0, 0.1) is 6.92 Å². The fourth-order valence-corrected chi connectivity index (χ4v) is 1.68. The van der Waals surface area contributed by atoms with Crippen LogP contribution in [-0.2, 0) is 25.4 Å². The minimum absolute atomic E-state index is 0.163. The number of hydrogen-bond acceptors (Lipinski definition) is 5. The Bertz CT molecular complexity index is 584. The van der Waals surface area contributed by atoms with Gasteiger partial charge in [-0.3, -0.25) is 9.36 Å². The molecule has 7 nitrogen and oxygen atoms in total. The van der Waals surface area contributed by atoms with Crippen molar-refractivity contribution in [3.8, 4) is 0 Å². The maximum atomic E-state index is 11.9. The second-order valence-electron chi connectivity index (χ2n) is 4.07. The van der Waals surface area contributed by atoms with Crippen LogP contribution in [0.2, 0.25) is 0 Å². The van der Waals surface area contributed by atoms with E-state index in [-0.39, 0.29) is 12.3 Å². The number of aromatic nitrogens is 4. The van der Waals surface area contributed by atoms with E-state index in [9.17, 15) is 4.79 Å². The van der Waals surface area contributed by atoms with Crippen LogP contribution in [-0.4, -0.2) is 25.5 Å². The molecule has 2 N–H and O–H groups in total. The van der Waals surface area contributed by atoms with E-state index in [1.165, 1.54) is 4.68 Å². The van der Waals surface area contributed by atoms with E-state index in [1.807, 2.05) is 0 Å². The van der Waals surface area contributed by atoms with Gasteiger partial charge >= 0.3 is 5.97 Å². The van der Waals surface area contributed by atoms with Gasteiger partial charge in [0.15, 0.2) is 5.69 Å². The first kappa shape index (κ1) is 12.2. The summed E-state index contributed by atoms with van der Waals surface area (Å²) in [5.41, 5.74) is 7.85. The summed E-state index contributed by atoms with van der Waals surface area (Å²) in [5, 5.41) is 8.05. The van der Waals surface area contributed by atoms with Crippen molar-refractivity contribution < 1.29 is 9.53 Å². The van der Waals surface area contributed by atoms with Crippen LogP contribution < -0.4 is 5.73 Å². The van der Waals surface area contributed by atoms with E-state index in [2.05, 4.69) is 10.2 Å². The van der Waals surface area contributed by atoms with Gasteiger partial charge in [0.1, 0.15) is 6.61 Å². The van der Waals surface area contributed by atoms with Crippen molar-refractivity contribution in [2.24, 2.45) is 14.1 Å². The summed E-state index contributed by atoms with van der Waals surface area (Å²) in [4.78, 5) is 11.9. The number of carbonyl (C=O) groups excluding carboxylic acids is 1. The summed E-state index contributed by atoms with van der Waals surface area (Å²) < 4.78 is 8.24. The highest BCUT2D eigenvalue weighted by Gasteiger charge is 2.19. The van der Waals surface area contributed by atoms with Crippen LogP contribution in [0.1, 0.15) is 21.7 Å². The predicted molar refractivity (Wildman–Crippen MR) is 64.7 cm³/mol. The largest absolute Gasteiger partial charge is 0.456 e. The van der Waals surface area contributed by atoms with E-state index in [1.54, 1.807) is 38.1 Å². The van der Waals surface area contributed by atoms with Crippen LogP contribution in [0.5, 0.6) is 0 Å². The predicted octanol–water partition coefficient (Wildman–Crippen LogP) is 0.401. The van der Waals surface area contributed by atoms with E-state index >= 15 is 0 Å². The molecule has 0 atom stereocenters. The molecule has 0 aliphatic heterocycles. The lowest BCUT2D eigenvalue weighted by atomic mass is 10.3. The normalized spacial score (nSPS) is 10.6. The topological polar surface area (TPSA) is 88.0 Å². The number of hydrogen-bond donors (Lipinski definition) is 1. The van der Waals surface area contributed by atoms with Crippen LogP contribution >= 0.6 is 0 Å². The first-order chi connectivity index (χ1) is 8.49. The quantitative estimate of drug-likeness (QED) is 0.795. The lowest BCUT2D eigenvalue weighted by Crippen LogP contribution is -2.12. The molecule has 18 heavy (non-hydrogen) atoms. The van der Waals surface area contributed by atoms with Crippen molar-refractivity contribution in [2.45, 2.75) is 13.5 Å². The summed E-state index contributed by atoms with van der Waals surface area (Å²) in [6.07, 6.45) is 3.43. The van der Waals surface area contributed by atoms with Crippen molar-refractivity contribution in [1.82, 2.24) is 19.6 Å². The van der Waals surface area contributed by atoms with Gasteiger partial charge in [-0.25, -0.2) is 4.79 Å². The Labute approximate surface area is 104 Å². The average Bonchev–Trinajstić information content (AvgIpc) is 2.82. The summed E-state index contributed by atoms with van der Waals surface area (Å²) in [7, 11) is 3.46. The number of nitrogens with two attached hydrogens (primary N) is 1. The van der Waals surface area contributed by atoms with E-state index < -0.39 is 5.97 Å². The number of ether oxygens (including phenoxy) is 1. The fourth-order valence-electron chi connectivity index (χ4n) is 1.68. The molecule has 0 aliphatic rings. The molecule has 0 fully saturated rings. The second kappa shape index (κ2) is 4.52. The number of rotatable bonds is 3. The third kappa shape index (κ3) is 2.20. The first-order valence-electron chi connectivity index (χ1n) is 5.42. The number of carbonyl (C=O) groups is 1. The van der Waals surface area contributed by atoms with Gasteiger partial charge in [-0.05, 0) is 6.92 Å². The molecule has 0 bridgehead atoms. The summed E-state index contributed by atoms with van der Waals surface area (Å²) in [6.45, 7) is 1.91. The van der Waals surface area contributed by atoms with Crippen molar-refractivity contribution in [3.05, 3.63) is 29.3 Å². The van der Waals surface area contributed by atoms with Gasteiger partial charge in [0, 0.05) is 25.9 Å². The molecule has 96 valence electrons. The standard InChI is InChI=1S/C11H15N5O2/c1-7-9(12)10(16(3)14-7)11(17)18-6-8-4-13-15(2)5-8/h4-5H,6,12H2,1-3H3. The molecule has 0 unspecified atom stereocenters. The second-order valence-corrected chi connectivity index (χ2v) is 4.07. The number of nitrogen functional groups attached to an aromatic ring is 1. The highest BCUT2D eigenvalue weighted by molar-refractivity contribution is 5.93. The van der Waals surface area contributed by atoms with Crippen molar-refractivity contribution in [3.63, 3.8) is 0 Å². The number of esters is 1. The Morgan fingerprint density at radius 1 is 1.50 bits per heavy atom. The maximum Gasteiger partial charge on any atom is 0.359 e. The molecule has 7 heteroatoms. The molecule has 2 heterocycles. The van der Waals surface area contributed by atoms with Gasteiger partial charge in [-0.1, -0.05) is 0 Å². The Morgan fingerprint density at radius 3 is 2.72 bits per heavy atom. The first-order valence-corrected chi connectivity index (χ1v) is 5.42. The Balaban J connectivity index is 2.08. The van der Waals surface area contributed by atoms with Gasteiger partial charge in [0.2, 0.25) is 0 Å². The lowest BCUT2D eigenvalue weighted by Gasteiger charge is -2.04. The Kier molecular flexibility index (Phi) is 3.05. The third-order valence-electron chi connectivity index (χ3n) is 2.59. The van der Waals surface area contributed by atoms with Crippen molar-refractivity contribution in [1.29, 1.82) is 0 Å². The molecule has 2 aromatic rings. The highest BCUT2D eigenvalue weighted by Crippen LogP contribution is 2.16. The molecule has 0 amide bonds. The minimum atomic E-state index is -0.487. The van der Waals surface area contributed by atoms with Gasteiger partial charge in [0.05, 0.1) is 17.6 Å². The fraction of sp³-hybridized carbons (Fsp3) is 0.364. The molecule has 2 rings (SSSR count). The average molecular weight is 249 g/mol. The summed E-state index contributed by atoms with van der Waals surface area (Å²) in [5.74, 6) is -0.487. The van der Waals surface area contributed by atoms with Crippen LogP contribution in [0.4, 0.5) is 5.69 Å². The Morgan fingerprint density at radius 2 is 2.22 bits per heavy atom. The van der Waals surface area contributed by atoms with E-state index in [0.29, 0.717) is 11.4 Å². The van der Waals surface area contributed by atoms with Crippen LogP contribution in [0.15, 0.2) is 12.4 Å². The molecule has 0 saturated heterocycles. The number of nitrogens with zero attached hydrogens (tertiary/aromatic N) is 4. The number of anilines is 1. The molecule has 0 spiro atoms. The Hall–Kier alpha value is -2.31. The molecular formula is C11H15N5O2. The van der Waals surface area contributed by atoms with E-state index in [4.69, 9.17) is 10.5 Å². The van der Waals surface area contributed by atoms with Gasteiger partial charge < -0.3 is 10.5 Å². The van der Waals surface area contributed by atoms with Gasteiger partial charge in [0.25, 0.3) is 0 Å². The molecule has 0 aromatic carbocycles. The van der Waals surface area contributed by atoms with Crippen LogP contribution in [0.25, 0.3) is 0 Å². The van der Waals surface area contributed by atoms with E-state index in [0.717, 1.165) is 5.56 Å². The minimum Gasteiger partial charge on any atom is -0.456 e. The molecule has 2 aromatic heterocycles. The zero-order valence-corrected chi connectivity index (χ0v) is 10.5. The summed E-state index contributed by atoms with van der Waals surface area (Å²) >= 11 is 0. The molecular weight excluding hydrogens is 234 g/mol. The maximum absolute atomic E-state index is 11.9. The third-order valence-corrected chi connectivity index (χ3v) is 2.59. The van der Waals surface area contributed by atoms with Crippen LogP contribution in [0.3, 0.4) is 0 Å². The van der Waals surface area contributed by atoms with Gasteiger partial charge in [-0.15, -0.1) is 0 Å². The van der Waals surface area contributed by atoms with Gasteiger partial charge in [-0.2, -0.15) is 10.2 Å². The zero-order valence-electron chi connectivity index (χ0n) is 10.5. The zero-order chi connectivity index (χ0) is 13.3. The van der Waals surface area contributed by atoms with Crippen molar-refractivity contribution >= 4 is 11.7 Å². The monoisotopic (exact) mass is 249 g/mol. The smallest absolute Gasteiger partial charge is 0.359 e. The highest BCUT2D eigenvalue weighted by atomic mass is 16.5. The van der Waals surface area contributed by atoms with Crippen molar-refractivity contribution in [2.75, 3.05) is 5.73 Å². The number of aryl methyl sites for hydroxylation is 3. The summed E-state index contributed by atoms with van der Waals surface area (Å²) in [6, 6.07) is 0. The molecule has 0 saturated carbocycles. The SMILES string of the molecule is Cc1nn(C)c(C(=O)OCc2cnn(C)c2)c1N.